The van der Waals surface area contributed by atoms with E-state index >= 15 is 0 Å². The van der Waals surface area contributed by atoms with Crippen LogP contribution in [0.1, 0.15) is 52.4 Å². The van der Waals surface area contributed by atoms with Gasteiger partial charge in [-0.1, -0.05) is 0 Å². The van der Waals surface area contributed by atoms with Crippen LogP contribution in [0.5, 0.6) is 0 Å². The van der Waals surface area contributed by atoms with Crippen LogP contribution in [0, 0.1) is 0 Å². The Morgan fingerprint density at radius 3 is 2.50 bits per heavy atom. The maximum Gasteiger partial charge on any atom is 0.138 e. The molecule has 2 heterocycles. The SMILES string of the molecule is CNC(Cc1ncnn1C(C)C)C(C)(C)N1CCCC1. The molecule has 0 bridgehead atoms. The van der Waals surface area contributed by atoms with Gasteiger partial charge in [-0.15, -0.1) is 0 Å². The Kier molecular flexibility index (Phi) is 4.81. The first-order chi connectivity index (χ1) is 9.46. The van der Waals surface area contributed by atoms with Crippen LogP contribution >= 0.6 is 0 Å². The maximum atomic E-state index is 4.46. The number of likely N-dealkylation sites (N-methyl/N-ethyl adjacent to an activating group) is 1. The van der Waals surface area contributed by atoms with Gasteiger partial charge in [0.1, 0.15) is 12.2 Å². The summed E-state index contributed by atoms with van der Waals surface area (Å²) >= 11 is 0. The van der Waals surface area contributed by atoms with E-state index in [0.29, 0.717) is 12.1 Å². The van der Waals surface area contributed by atoms with Crippen LogP contribution < -0.4 is 5.32 Å². The number of likely N-dealkylation sites (tertiary alicyclic amines) is 1. The lowest BCUT2D eigenvalue weighted by Gasteiger charge is -2.42. The van der Waals surface area contributed by atoms with Crippen molar-refractivity contribution >= 4 is 0 Å². The van der Waals surface area contributed by atoms with Gasteiger partial charge in [-0.2, -0.15) is 5.10 Å². The first-order valence-corrected chi connectivity index (χ1v) is 7.77. The fourth-order valence-corrected chi connectivity index (χ4v) is 3.25. The van der Waals surface area contributed by atoms with E-state index in [1.165, 1.54) is 25.9 Å². The summed E-state index contributed by atoms with van der Waals surface area (Å²) in [4.78, 5) is 7.06. The molecule has 1 atom stereocenters. The Hall–Kier alpha value is -0.940. The van der Waals surface area contributed by atoms with Crippen LogP contribution in [-0.2, 0) is 6.42 Å². The average Bonchev–Trinajstić information content (AvgIpc) is 3.06. The normalized spacial score (nSPS) is 18.9. The summed E-state index contributed by atoms with van der Waals surface area (Å²) in [5.41, 5.74) is 0.138. The van der Waals surface area contributed by atoms with Crippen molar-refractivity contribution in [3.8, 4) is 0 Å². The van der Waals surface area contributed by atoms with Gasteiger partial charge in [0.15, 0.2) is 0 Å². The number of hydrogen-bond donors (Lipinski definition) is 1. The number of nitrogens with zero attached hydrogens (tertiary/aromatic N) is 4. The van der Waals surface area contributed by atoms with E-state index in [1.54, 1.807) is 6.33 Å². The Balaban J connectivity index is 2.13. The highest BCUT2D eigenvalue weighted by atomic mass is 15.3. The highest BCUT2D eigenvalue weighted by Crippen LogP contribution is 2.26. The van der Waals surface area contributed by atoms with E-state index in [0.717, 1.165) is 12.2 Å². The molecule has 1 aromatic heterocycles. The number of hydrogen-bond acceptors (Lipinski definition) is 4. The lowest BCUT2D eigenvalue weighted by molar-refractivity contribution is 0.108. The zero-order valence-electron chi connectivity index (χ0n) is 13.6. The monoisotopic (exact) mass is 279 g/mol. The number of aromatic nitrogens is 3. The van der Waals surface area contributed by atoms with Crippen molar-refractivity contribution in [2.24, 2.45) is 0 Å². The molecule has 0 amide bonds. The molecule has 1 saturated heterocycles. The quantitative estimate of drug-likeness (QED) is 0.863. The van der Waals surface area contributed by atoms with E-state index in [1.807, 2.05) is 4.68 Å². The van der Waals surface area contributed by atoms with Gasteiger partial charge in [0, 0.05) is 24.0 Å². The van der Waals surface area contributed by atoms with E-state index < -0.39 is 0 Å². The van der Waals surface area contributed by atoms with Crippen LogP contribution in [0.4, 0.5) is 0 Å². The van der Waals surface area contributed by atoms with Crippen molar-refractivity contribution < 1.29 is 0 Å². The van der Waals surface area contributed by atoms with Gasteiger partial charge in [0.25, 0.3) is 0 Å². The van der Waals surface area contributed by atoms with Gasteiger partial charge in [0.2, 0.25) is 0 Å². The summed E-state index contributed by atoms with van der Waals surface area (Å²) < 4.78 is 2.03. The van der Waals surface area contributed by atoms with Crippen LogP contribution in [-0.4, -0.2) is 51.4 Å². The second-order valence-electron chi connectivity index (χ2n) is 6.61. The minimum atomic E-state index is 0.138. The smallest absolute Gasteiger partial charge is 0.138 e. The summed E-state index contributed by atoms with van der Waals surface area (Å²) in [7, 11) is 2.05. The Morgan fingerprint density at radius 1 is 1.30 bits per heavy atom. The third kappa shape index (κ3) is 3.04. The zero-order chi connectivity index (χ0) is 14.8. The van der Waals surface area contributed by atoms with Gasteiger partial charge in [0.05, 0.1) is 0 Å². The third-order valence-corrected chi connectivity index (χ3v) is 4.65. The lowest BCUT2D eigenvalue weighted by atomic mass is 9.90. The molecule has 1 fully saturated rings. The second kappa shape index (κ2) is 6.22. The van der Waals surface area contributed by atoms with E-state index in [9.17, 15) is 0 Å². The summed E-state index contributed by atoms with van der Waals surface area (Å²) in [6.07, 6.45) is 5.23. The highest BCUT2D eigenvalue weighted by molar-refractivity contribution is 5.01. The van der Waals surface area contributed by atoms with Crippen molar-refractivity contribution in [3.63, 3.8) is 0 Å². The van der Waals surface area contributed by atoms with E-state index in [-0.39, 0.29) is 5.54 Å². The fourth-order valence-electron chi connectivity index (χ4n) is 3.25. The van der Waals surface area contributed by atoms with Crippen LogP contribution in [0.2, 0.25) is 0 Å². The van der Waals surface area contributed by atoms with Crippen molar-refractivity contribution in [2.75, 3.05) is 20.1 Å². The predicted octanol–water partition coefficient (Wildman–Crippen LogP) is 1.86. The van der Waals surface area contributed by atoms with Gasteiger partial charge < -0.3 is 5.32 Å². The first-order valence-electron chi connectivity index (χ1n) is 7.77. The molecule has 20 heavy (non-hydrogen) atoms. The molecule has 114 valence electrons. The molecule has 0 aromatic carbocycles. The molecule has 0 spiro atoms. The summed E-state index contributed by atoms with van der Waals surface area (Å²) in [5.74, 6) is 1.08. The molecule has 1 aliphatic rings. The minimum Gasteiger partial charge on any atom is -0.315 e. The molecule has 1 N–H and O–H groups in total. The predicted molar refractivity (Wildman–Crippen MR) is 81.8 cm³/mol. The zero-order valence-corrected chi connectivity index (χ0v) is 13.6. The minimum absolute atomic E-state index is 0.138. The van der Waals surface area contributed by atoms with Crippen LogP contribution in [0.3, 0.4) is 0 Å². The van der Waals surface area contributed by atoms with Crippen LogP contribution in [0.25, 0.3) is 0 Å². The second-order valence-corrected chi connectivity index (χ2v) is 6.61. The summed E-state index contributed by atoms with van der Waals surface area (Å²) in [5, 5.41) is 7.85. The maximum absolute atomic E-state index is 4.46. The average molecular weight is 279 g/mol. The van der Waals surface area contributed by atoms with Gasteiger partial charge >= 0.3 is 0 Å². The molecule has 1 aliphatic heterocycles. The fraction of sp³-hybridized carbons (Fsp3) is 0.867. The molecular weight excluding hydrogens is 250 g/mol. The van der Waals surface area contributed by atoms with Crippen molar-refractivity contribution in [1.82, 2.24) is 25.0 Å². The molecule has 2 rings (SSSR count). The first kappa shape index (κ1) is 15.4. The Morgan fingerprint density at radius 2 is 1.95 bits per heavy atom. The third-order valence-electron chi connectivity index (χ3n) is 4.65. The van der Waals surface area contributed by atoms with Gasteiger partial charge in [-0.3, -0.25) is 4.90 Å². The highest BCUT2D eigenvalue weighted by Gasteiger charge is 2.36. The molecule has 5 heteroatoms. The van der Waals surface area contributed by atoms with Crippen molar-refractivity contribution in [1.29, 1.82) is 0 Å². The van der Waals surface area contributed by atoms with Crippen LogP contribution in [0.15, 0.2) is 6.33 Å². The summed E-state index contributed by atoms with van der Waals surface area (Å²) in [6.45, 7) is 11.4. The topological polar surface area (TPSA) is 46.0 Å². The molecule has 1 unspecified atom stereocenters. The molecule has 0 radical (unpaired) electrons. The van der Waals surface area contributed by atoms with Gasteiger partial charge in [-0.05, 0) is 60.7 Å². The van der Waals surface area contributed by atoms with Crippen molar-refractivity contribution in [2.45, 2.75) is 64.6 Å². The summed E-state index contributed by atoms with van der Waals surface area (Å²) in [6, 6.07) is 0.738. The lowest BCUT2D eigenvalue weighted by Crippen LogP contribution is -2.57. The number of nitrogens with one attached hydrogen (secondary N) is 1. The number of rotatable bonds is 6. The van der Waals surface area contributed by atoms with E-state index in [4.69, 9.17) is 0 Å². The van der Waals surface area contributed by atoms with E-state index in [2.05, 4.69) is 55.0 Å². The molecule has 1 aromatic rings. The standard InChI is InChI=1S/C15H29N5/c1-12(2)20-14(17-11-18-20)10-13(16-5)15(3,4)19-8-6-7-9-19/h11-13,16H,6-10H2,1-5H3. The van der Waals surface area contributed by atoms with Gasteiger partial charge in [-0.25, -0.2) is 9.67 Å². The molecule has 5 nitrogen and oxygen atoms in total. The Bertz CT molecular complexity index is 418. The molecule has 0 saturated carbocycles. The van der Waals surface area contributed by atoms with Crippen molar-refractivity contribution in [3.05, 3.63) is 12.2 Å². The Labute approximate surface area is 122 Å². The molecule has 0 aliphatic carbocycles. The largest absolute Gasteiger partial charge is 0.315 e. The molecular formula is C15H29N5.